The van der Waals surface area contributed by atoms with Crippen molar-refractivity contribution in [2.45, 2.75) is 57.3 Å². The predicted octanol–water partition coefficient (Wildman–Crippen LogP) is 5.00. The van der Waals surface area contributed by atoms with Crippen molar-refractivity contribution in [3.63, 3.8) is 0 Å². The van der Waals surface area contributed by atoms with E-state index < -0.39 is 0 Å². The molecule has 140 valence electrons. The van der Waals surface area contributed by atoms with E-state index in [1.165, 1.54) is 42.5 Å². The summed E-state index contributed by atoms with van der Waals surface area (Å²) in [6.07, 6.45) is 14.8. The summed E-state index contributed by atoms with van der Waals surface area (Å²) in [4.78, 5) is 8.50. The monoisotopic (exact) mass is 363 g/mol. The van der Waals surface area contributed by atoms with Crippen LogP contribution in [0.4, 0.5) is 0 Å². The molecule has 1 fully saturated rings. The lowest BCUT2D eigenvalue weighted by molar-refractivity contribution is -0.00318. The van der Waals surface area contributed by atoms with Crippen molar-refractivity contribution >= 4 is 0 Å². The molecule has 0 spiro atoms. The van der Waals surface area contributed by atoms with Crippen LogP contribution in [-0.2, 0) is 11.3 Å². The molecule has 5 nitrogen and oxygen atoms in total. The fourth-order valence-electron chi connectivity index (χ4n) is 4.72. The molecule has 3 heterocycles. The molecule has 0 radical (unpaired) electrons. The molecule has 27 heavy (non-hydrogen) atoms. The molecule has 1 aliphatic heterocycles. The molecule has 2 aliphatic rings. The fourth-order valence-corrected chi connectivity index (χ4v) is 4.72. The van der Waals surface area contributed by atoms with Crippen LogP contribution < -0.4 is 0 Å². The van der Waals surface area contributed by atoms with E-state index in [2.05, 4.69) is 38.8 Å². The first kappa shape index (κ1) is 16.8. The van der Waals surface area contributed by atoms with Gasteiger partial charge in [-0.3, -0.25) is 0 Å². The van der Waals surface area contributed by atoms with Crippen LogP contribution in [-0.4, -0.2) is 20.6 Å². The largest absolute Gasteiger partial charge is 0.446 e. The Morgan fingerprint density at radius 2 is 2.00 bits per heavy atom. The maximum Gasteiger partial charge on any atom is 0.219 e. The minimum absolute atomic E-state index is 0.348. The van der Waals surface area contributed by atoms with Gasteiger partial charge < -0.3 is 13.7 Å². The van der Waals surface area contributed by atoms with E-state index in [0.29, 0.717) is 24.6 Å². The van der Waals surface area contributed by atoms with Crippen LogP contribution in [0.15, 0.2) is 53.7 Å². The lowest BCUT2D eigenvalue weighted by Gasteiger charge is -2.29. The molecule has 3 aromatic rings. The van der Waals surface area contributed by atoms with Crippen molar-refractivity contribution in [2.24, 2.45) is 5.92 Å². The zero-order valence-corrected chi connectivity index (χ0v) is 15.5. The van der Waals surface area contributed by atoms with Gasteiger partial charge in [-0.15, -0.1) is 0 Å². The van der Waals surface area contributed by atoms with E-state index in [1.54, 1.807) is 12.5 Å². The first-order chi connectivity index (χ1) is 13.4. The average Bonchev–Trinajstić information content (AvgIpc) is 3.44. The van der Waals surface area contributed by atoms with Crippen molar-refractivity contribution in [1.29, 1.82) is 0 Å². The summed E-state index contributed by atoms with van der Waals surface area (Å²) in [7, 11) is 0. The van der Waals surface area contributed by atoms with E-state index in [9.17, 15) is 0 Å². The highest BCUT2D eigenvalue weighted by Crippen LogP contribution is 2.42. The first-order valence-electron chi connectivity index (χ1n) is 9.99. The van der Waals surface area contributed by atoms with Gasteiger partial charge in [0, 0.05) is 5.56 Å². The molecule has 1 atom stereocenters. The Morgan fingerprint density at radius 3 is 2.85 bits per heavy atom. The van der Waals surface area contributed by atoms with Crippen molar-refractivity contribution < 1.29 is 9.15 Å². The summed E-state index contributed by atoms with van der Waals surface area (Å²) in [6.45, 7) is 0.491. The van der Waals surface area contributed by atoms with Gasteiger partial charge in [0.25, 0.3) is 0 Å². The number of nitrogens with zero attached hydrogens (tertiary/aromatic N) is 3. The number of oxazole rings is 1. The molecule has 1 aliphatic carbocycles. The number of rotatable bonds is 6. The minimum Gasteiger partial charge on any atom is -0.446 e. The van der Waals surface area contributed by atoms with Crippen LogP contribution >= 0.6 is 0 Å². The van der Waals surface area contributed by atoms with Crippen LogP contribution in [0.2, 0.25) is 0 Å². The van der Waals surface area contributed by atoms with Gasteiger partial charge in [-0.05, 0) is 50.0 Å². The molecule has 2 aromatic heterocycles. The highest BCUT2D eigenvalue weighted by Gasteiger charge is 2.29. The topological polar surface area (TPSA) is 53.1 Å². The number of benzene rings is 1. The Balaban J connectivity index is 1.14. The lowest BCUT2D eigenvalue weighted by Crippen LogP contribution is -2.22. The number of aromatic nitrogens is 3. The summed E-state index contributed by atoms with van der Waals surface area (Å²) >= 11 is 0. The predicted molar refractivity (Wildman–Crippen MR) is 102 cm³/mol. The summed E-state index contributed by atoms with van der Waals surface area (Å²) in [6, 6.07) is 9.22. The molecular formula is C22H25N3O2. The molecule has 5 heteroatoms. The van der Waals surface area contributed by atoms with Crippen molar-refractivity contribution in [3.8, 4) is 11.3 Å². The summed E-state index contributed by atoms with van der Waals surface area (Å²) in [5.41, 5.74) is 4.07. The maximum absolute atomic E-state index is 5.97. The van der Waals surface area contributed by atoms with Gasteiger partial charge in [-0.1, -0.05) is 24.3 Å². The molecule has 1 saturated carbocycles. The van der Waals surface area contributed by atoms with Gasteiger partial charge >= 0.3 is 0 Å². The summed E-state index contributed by atoms with van der Waals surface area (Å²) in [5, 5.41) is 0. The van der Waals surface area contributed by atoms with Gasteiger partial charge in [0.15, 0.2) is 0 Å². The Bertz CT molecular complexity index is 879. The van der Waals surface area contributed by atoms with Crippen LogP contribution in [0.25, 0.3) is 11.3 Å². The Morgan fingerprint density at radius 1 is 1.11 bits per heavy atom. The molecule has 1 unspecified atom stereocenters. The van der Waals surface area contributed by atoms with Crippen molar-refractivity contribution in [1.82, 2.24) is 14.5 Å². The van der Waals surface area contributed by atoms with E-state index in [4.69, 9.17) is 9.15 Å². The zero-order valence-electron chi connectivity index (χ0n) is 15.5. The lowest BCUT2D eigenvalue weighted by atomic mass is 9.83. The molecule has 5 rings (SSSR count). The van der Waals surface area contributed by atoms with E-state index >= 15 is 0 Å². The zero-order chi connectivity index (χ0) is 18.1. The Kier molecular flexibility index (Phi) is 4.54. The highest BCUT2D eigenvalue weighted by atomic mass is 16.5. The Hall–Kier alpha value is -2.40. The highest BCUT2D eigenvalue weighted by molar-refractivity contribution is 5.68. The Labute approximate surface area is 159 Å². The number of fused-ring (bicyclic) bond motifs is 3. The van der Waals surface area contributed by atoms with Crippen molar-refractivity contribution in [2.75, 3.05) is 0 Å². The van der Waals surface area contributed by atoms with Crippen LogP contribution in [0.5, 0.6) is 0 Å². The number of hydrogen-bond acceptors (Lipinski definition) is 4. The molecule has 0 amide bonds. The minimum atomic E-state index is 0.348. The third kappa shape index (κ3) is 3.32. The third-order valence-electron chi connectivity index (χ3n) is 6.17. The second-order valence-corrected chi connectivity index (χ2v) is 7.75. The molecule has 0 bridgehead atoms. The van der Waals surface area contributed by atoms with Gasteiger partial charge in [-0.2, -0.15) is 0 Å². The summed E-state index contributed by atoms with van der Waals surface area (Å²) in [5.74, 6) is 1.47. The smallest absolute Gasteiger partial charge is 0.219 e. The first-order valence-corrected chi connectivity index (χ1v) is 9.99. The van der Waals surface area contributed by atoms with E-state index in [-0.39, 0.29) is 0 Å². The van der Waals surface area contributed by atoms with Crippen molar-refractivity contribution in [3.05, 3.63) is 60.7 Å². The van der Waals surface area contributed by atoms with Crippen LogP contribution in [0.1, 0.15) is 56.0 Å². The van der Waals surface area contributed by atoms with Crippen LogP contribution in [0, 0.1) is 5.92 Å². The maximum atomic E-state index is 5.97. The van der Waals surface area contributed by atoms with E-state index in [0.717, 1.165) is 18.8 Å². The third-order valence-corrected chi connectivity index (χ3v) is 6.17. The van der Waals surface area contributed by atoms with E-state index in [1.807, 2.05) is 12.5 Å². The van der Waals surface area contributed by atoms with Crippen LogP contribution in [0.3, 0.4) is 0 Å². The molecule has 0 N–H and O–H groups in total. The SMILES string of the molecule is c1ccc2c(c1)-c1cncn1C2CCC1CCC(OCc2ncco2)CC1. The van der Waals surface area contributed by atoms with Gasteiger partial charge in [0.05, 0.1) is 36.6 Å². The standard InChI is InChI=1S/C22H25N3O2/c1-2-4-19-18(3-1)20(25-15-23-13-21(19)25)10-7-16-5-8-17(9-6-16)27-14-22-24-11-12-26-22/h1-4,11-13,15-17,20H,5-10,14H2. The number of hydrogen-bond donors (Lipinski definition) is 0. The second-order valence-electron chi connectivity index (χ2n) is 7.75. The van der Waals surface area contributed by atoms with Gasteiger partial charge in [0.1, 0.15) is 12.9 Å². The van der Waals surface area contributed by atoms with Gasteiger partial charge in [-0.25, -0.2) is 9.97 Å². The summed E-state index contributed by atoms with van der Waals surface area (Å²) < 4.78 is 13.6. The second kappa shape index (κ2) is 7.31. The number of ether oxygens (including phenoxy) is 1. The molecular weight excluding hydrogens is 338 g/mol. The number of imidazole rings is 1. The fraction of sp³-hybridized carbons (Fsp3) is 0.455. The van der Waals surface area contributed by atoms with Gasteiger partial charge in [0.2, 0.25) is 5.89 Å². The quantitative estimate of drug-likeness (QED) is 0.619. The molecule has 0 saturated heterocycles. The normalized spacial score (nSPS) is 23.9. The average molecular weight is 363 g/mol. The molecule has 1 aromatic carbocycles.